The minimum Gasteiger partial charge on any atom is -0.409 e. The zero-order valence-electron chi connectivity index (χ0n) is 11.1. The van der Waals surface area contributed by atoms with Gasteiger partial charge in [-0.2, -0.15) is 0 Å². The highest BCUT2D eigenvalue weighted by Gasteiger charge is 2.20. The smallest absolute Gasteiger partial charge is 0.223 e. The Morgan fingerprint density at radius 3 is 2.41 bits per heavy atom. The van der Waals surface area contributed by atoms with Gasteiger partial charge in [0, 0.05) is 5.92 Å². The maximum atomic E-state index is 12.0. The van der Waals surface area contributed by atoms with Crippen LogP contribution in [0.15, 0.2) is 5.16 Å². The van der Waals surface area contributed by atoms with Crippen LogP contribution >= 0.6 is 0 Å². The molecular weight excluding hydrogens is 218 g/mol. The number of nitrogens with one attached hydrogen (secondary N) is 1. The van der Waals surface area contributed by atoms with Gasteiger partial charge in [0.05, 0.1) is 6.04 Å². The third-order valence-corrected chi connectivity index (χ3v) is 2.97. The van der Waals surface area contributed by atoms with Crippen LogP contribution in [0.25, 0.3) is 0 Å². The summed E-state index contributed by atoms with van der Waals surface area (Å²) in [6.07, 6.45) is 4.46. The summed E-state index contributed by atoms with van der Waals surface area (Å²) in [5, 5.41) is 14.4. The summed E-state index contributed by atoms with van der Waals surface area (Å²) in [6.45, 7) is 6.00. The van der Waals surface area contributed by atoms with Crippen molar-refractivity contribution in [2.24, 2.45) is 16.8 Å². The molecule has 0 saturated carbocycles. The Hall–Kier alpha value is -1.26. The molecule has 2 atom stereocenters. The summed E-state index contributed by atoms with van der Waals surface area (Å²) in [5.41, 5.74) is 5.50. The third-order valence-electron chi connectivity index (χ3n) is 2.97. The van der Waals surface area contributed by atoms with Crippen LogP contribution in [0, 0.1) is 5.92 Å². The Bertz CT molecular complexity index is 254. The maximum Gasteiger partial charge on any atom is 0.223 e. The summed E-state index contributed by atoms with van der Waals surface area (Å²) in [4.78, 5) is 12.0. The molecule has 0 heterocycles. The lowest BCUT2D eigenvalue weighted by Crippen LogP contribution is -2.46. The highest BCUT2D eigenvalue weighted by molar-refractivity contribution is 5.90. The number of hydrogen-bond acceptors (Lipinski definition) is 3. The lowest BCUT2D eigenvalue weighted by molar-refractivity contribution is -0.125. The number of unbranched alkanes of at least 4 members (excludes halogenated alkanes) is 1. The van der Waals surface area contributed by atoms with E-state index in [1.165, 1.54) is 0 Å². The Morgan fingerprint density at radius 2 is 2.00 bits per heavy atom. The second kappa shape index (κ2) is 8.84. The average Bonchev–Trinajstić information content (AvgIpc) is 2.35. The van der Waals surface area contributed by atoms with Crippen molar-refractivity contribution >= 4 is 11.7 Å². The molecule has 0 bridgehead atoms. The molecule has 5 heteroatoms. The highest BCUT2D eigenvalue weighted by Crippen LogP contribution is 2.13. The molecule has 0 fully saturated rings. The molecule has 0 aliphatic carbocycles. The first kappa shape index (κ1) is 15.7. The van der Waals surface area contributed by atoms with Gasteiger partial charge >= 0.3 is 0 Å². The topological polar surface area (TPSA) is 87.7 Å². The molecule has 0 saturated heterocycles. The normalized spacial score (nSPS) is 15.4. The number of hydrogen-bond donors (Lipinski definition) is 3. The first-order valence-electron chi connectivity index (χ1n) is 6.38. The lowest BCUT2D eigenvalue weighted by Gasteiger charge is -2.20. The summed E-state index contributed by atoms with van der Waals surface area (Å²) in [5.74, 6) is 0.0843. The van der Waals surface area contributed by atoms with Gasteiger partial charge in [0.25, 0.3) is 0 Å². The van der Waals surface area contributed by atoms with Crippen LogP contribution in [-0.2, 0) is 4.79 Å². The summed E-state index contributed by atoms with van der Waals surface area (Å²) >= 11 is 0. The van der Waals surface area contributed by atoms with E-state index in [-0.39, 0.29) is 23.7 Å². The largest absolute Gasteiger partial charge is 0.409 e. The van der Waals surface area contributed by atoms with Crippen LogP contribution in [0.4, 0.5) is 0 Å². The van der Waals surface area contributed by atoms with Gasteiger partial charge in [0.2, 0.25) is 5.91 Å². The van der Waals surface area contributed by atoms with Crippen molar-refractivity contribution in [2.75, 3.05) is 0 Å². The van der Waals surface area contributed by atoms with E-state index >= 15 is 0 Å². The number of amidine groups is 1. The molecule has 0 spiro atoms. The van der Waals surface area contributed by atoms with Crippen molar-refractivity contribution in [3.63, 3.8) is 0 Å². The molecule has 100 valence electrons. The van der Waals surface area contributed by atoms with E-state index in [1.807, 2.05) is 13.8 Å². The van der Waals surface area contributed by atoms with Gasteiger partial charge in [0.1, 0.15) is 0 Å². The average molecular weight is 243 g/mol. The predicted molar refractivity (Wildman–Crippen MR) is 68.9 cm³/mol. The number of carbonyl (C=O) groups is 1. The lowest BCUT2D eigenvalue weighted by atomic mass is 9.98. The summed E-state index contributed by atoms with van der Waals surface area (Å²) < 4.78 is 0. The zero-order valence-corrected chi connectivity index (χ0v) is 11.1. The van der Waals surface area contributed by atoms with Crippen molar-refractivity contribution in [3.05, 3.63) is 0 Å². The maximum absolute atomic E-state index is 12.0. The fourth-order valence-electron chi connectivity index (χ4n) is 1.72. The van der Waals surface area contributed by atoms with Gasteiger partial charge in [-0.1, -0.05) is 38.8 Å². The number of rotatable bonds is 8. The highest BCUT2D eigenvalue weighted by atomic mass is 16.4. The molecule has 4 N–H and O–H groups in total. The molecule has 0 aromatic rings. The van der Waals surface area contributed by atoms with Gasteiger partial charge in [-0.15, -0.1) is 0 Å². The molecule has 0 rings (SSSR count). The minimum absolute atomic E-state index is 0.000556. The molecular formula is C12H25N3O2. The fraction of sp³-hybridized carbons (Fsp3) is 0.833. The molecule has 0 aromatic carbocycles. The minimum atomic E-state index is -0.372. The van der Waals surface area contributed by atoms with Crippen LogP contribution in [0.5, 0.6) is 0 Å². The predicted octanol–water partition coefficient (Wildman–Crippen LogP) is 1.84. The molecule has 2 unspecified atom stereocenters. The Kier molecular flexibility index (Phi) is 8.19. The van der Waals surface area contributed by atoms with Crippen molar-refractivity contribution < 1.29 is 10.0 Å². The number of oxime groups is 1. The second-order valence-corrected chi connectivity index (χ2v) is 4.24. The van der Waals surface area contributed by atoms with Crippen molar-refractivity contribution in [1.29, 1.82) is 0 Å². The molecule has 1 amide bonds. The summed E-state index contributed by atoms with van der Waals surface area (Å²) in [7, 11) is 0. The van der Waals surface area contributed by atoms with Crippen molar-refractivity contribution in [1.82, 2.24) is 5.32 Å². The Labute approximate surface area is 103 Å². The van der Waals surface area contributed by atoms with E-state index in [9.17, 15) is 4.79 Å². The van der Waals surface area contributed by atoms with E-state index in [4.69, 9.17) is 10.9 Å². The van der Waals surface area contributed by atoms with Gasteiger partial charge in [-0.3, -0.25) is 4.79 Å². The zero-order chi connectivity index (χ0) is 13.3. The quantitative estimate of drug-likeness (QED) is 0.263. The number of amides is 1. The molecule has 0 aromatic heterocycles. The van der Waals surface area contributed by atoms with Gasteiger partial charge in [0.15, 0.2) is 5.84 Å². The Morgan fingerprint density at radius 1 is 1.35 bits per heavy atom. The molecule has 0 aliphatic rings. The van der Waals surface area contributed by atoms with E-state index in [0.717, 1.165) is 25.7 Å². The van der Waals surface area contributed by atoms with Gasteiger partial charge < -0.3 is 16.3 Å². The van der Waals surface area contributed by atoms with Crippen molar-refractivity contribution in [3.8, 4) is 0 Å². The van der Waals surface area contributed by atoms with E-state index < -0.39 is 0 Å². The summed E-state index contributed by atoms with van der Waals surface area (Å²) in [6, 6.07) is -0.372. The molecule has 5 nitrogen and oxygen atoms in total. The van der Waals surface area contributed by atoms with Crippen LogP contribution in [0.3, 0.4) is 0 Å². The van der Waals surface area contributed by atoms with Crippen LogP contribution < -0.4 is 11.1 Å². The van der Waals surface area contributed by atoms with Gasteiger partial charge in [-0.05, 0) is 19.3 Å². The van der Waals surface area contributed by atoms with Crippen LogP contribution in [-0.4, -0.2) is 23.0 Å². The third kappa shape index (κ3) is 5.56. The number of carbonyl (C=O) groups excluding carboxylic acids is 1. The van der Waals surface area contributed by atoms with Crippen molar-refractivity contribution in [2.45, 2.75) is 58.9 Å². The molecule has 0 radical (unpaired) electrons. The SMILES string of the molecule is CCCCC(CC)C(=O)NC(CC)/C(N)=N/O. The second-order valence-electron chi connectivity index (χ2n) is 4.24. The van der Waals surface area contributed by atoms with E-state index in [0.29, 0.717) is 6.42 Å². The number of nitrogens with zero attached hydrogens (tertiary/aromatic N) is 1. The first-order valence-corrected chi connectivity index (χ1v) is 6.38. The monoisotopic (exact) mass is 243 g/mol. The van der Waals surface area contributed by atoms with Crippen LogP contribution in [0.2, 0.25) is 0 Å². The number of nitrogens with two attached hydrogens (primary N) is 1. The standard InChI is InChI=1S/C12H25N3O2/c1-4-7-8-9(5-2)12(16)14-10(6-3)11(13)15-17/h9-10,17H,4-8H2,1-3H3,(H2,13,15)(H,14,16). The van der Waals surface area contributed by atoms with E-state index in [1.54, 1.807) is 0 Å². The van der Waals surface area contributed by atoms with E-state index in [2.05, 4.69) is 17.4 Å². The van der Waals surface area contributed by atoms with Crippen LogP contribution in [0.1, 0.15) is 52.9 Å². The van der Waals surface area contributed by atoms with Gasteiger partial charge in [-0.25, -0.2) is 0 Å². The molecule has 0 aliphatic heterocycles. The fourth-order valence-corrected chi connectivity index (χ4v) is 1.72. The first-order chi connectivity index (χ1) is 8.10. The Balaban J connectivity index is 4.37. The molecule has 17 heavy (non-hydrogen) atoms.